The van der Waals surface area contributed by atoms with Crippen molar-refractivity contribution in [3.8, 4) is 0 Å². The Hall–Kier alpha value is -0.940. The highest BCUT2D eigenvalue weighted by molar-refractivity contribution is 7.09. The predicted molar refractivity (Wildman–Crippen MR) is 71.3 cm³/mol. The average molecular weight is 265 g/mol. The Labute approximate surface area is 111 Å². The maximum absolute atomic E-state index is 11.6. The molecule has 0 saturated carbocycles. The Bertz CT molecular complexity index is 416. The Morgan fingerprint density at radius 1 is 1.44 bits per heavy atom. The second-order valence-corrected chi connectivity index (χ2v) is 6.40. The smallest absolute Gasteiger partial charge is 0.220 e. The van der Waals surface area contributed by atoms with Gasteiger partial charge in [0.2, 0.25) is 5.91 Å². The second-order valence-electron chi connectivity index (χ2n) is 5.42. The van der Waals surface area contributed by atoms with E-state index in [2.05, 4.69) is 15.2 Å². The highest BCUT2D eigenvalue weighted by Crippen LogP contribution is 2.30. The van der Waals surface area contributed by atoms with Crippen molar-refractivity contribution in [1.29, 1.82) is 0 Å². The number of hydrogen-bond acceptors (Lipinski definition) is 4. The van der Waals surface area contributed by atoms with Crippen LogP contribution in [0.15, 0.2) is 11.6 Å². The van der Waals surface area contributed by atoms with Gasteiger partial charge in [0.05, 0.1) is 12.1 Å². The summed E-state index contributed by atoms with van der Waals surface area (Å²) in [5.41, 5.74) is 0.0465. The fraction of sp³-hybridized carbons (Fsp3) is 0.692. The largest absolute Gasteiger partial charge is 0.349 e. The van der Waals surface area contributed by atoms with E-state index in [-0.39, 0.29) is 11.4 Å². The number of thiazole rings is 1. The van der Waals surface area contributed by atoms with E-state index in [1.54, 1.807) is 11.3 Å². The fourth-order valence-corrected chi connectivity index (χ4v) is 3.86. The molecule has 1 aromatic heterocycles. The minimum atomic E-state index is 0.0465. The standard InChI is InChI=1S/C13H19N3OS/c17-11-3-1-4-13(15-11)5-2-7-16(10-13)9-12-14-6-8-18-12/h6,8H,1-5,7,9-10H2,(H,15,17)/t13-/m1/s1. The van der Waals surface area contributed by atoms with E-state index in [0.29, 0.717) is 6.42 Å². The highest BCUT2D eigenvalue weighted by Gasteiger charge is 2.38. The lowest BCUT2D eigenvalue weighted by Gasteiger charge is -2.45. The van der Waals surface area contributed by atoms with Crippen LogP contribution in [0.4, 0.5) is 0 Å². The lowest BCUT2D eigenvalue weighted by Crippen LogP contribution is -2.60. The zero-order valence-corrected chi connectivity index (χ0v) is 11.3. The summed E-state index contributed by atoms with van der Waals surface area (Å²) in [6.07, 6.45) is 7.04. The van der Waals surface area contributed by atoms with Gasteiger partial charge in [0, 0.05) is 24.5 Å². The summed E-state index contributed by atoms with van der Waals surface area (Å²) >= 11 is 1.71. The average Bonchev–Trinajstić information content (AvgIpc) is 2.81. The molecule has 0 aromatic carbocycles. The van der Waals surface area contributed by atoms with Crippen LogP contribution in [-0.2, 0) is 11.3 Å². The summed E-state index contributed by atoms with van der Waals surface area (Å²) in [7, 11) is 0. The molecule has 2 aliphatic rings. The van der Waals surface area contributed by atoms with Crippen molar-refractivity contribution in [2.75, 3.05) is 13.1 Å². The van der Waals surface area contributed by atoms with Crippen LogP contribution in [0.3, 0.4) is 0 Å². The summed E-state index contributed by atoms with van der Waals surface area (Å²) in [5, 5.41) is 6.44. The lowest BCUT2D eigenvalue weighted by atomic mass is 9.81. The summed E-state index contributed by atoms with van der Waals surface area (Å²) in [5.74, 6) is 0.234. The van der Waals surface area contributed by atoms with Crippen LogP contribution in [-0.4, -0.2) is 34.4 Å². The molecule has 5 heteroatoms. The molecule has 1 aromatic rings. The molecule has 1 amide bonds. The third-order valence-electron chi connectivity index (χ3n) is 3.96. The third-order valence-corrected chi connectivity index (χ3v) is 4.73. The van der Waals surface area contributed by atoms with Crippen LogP contribution in [0, 0.1) is 0 Å². The normalized spacial score (nSPS) is 29.4. The molecule has 3 rings (SSSR count). The first kappa shape index (κ1) is 12.1. The van der Waals surface area contributed by atoms with Crippen LogP contribution in [0.1, 0.15) is 37.1 Å². The summed E-state index contributed by atoms with van der Waals surface area (Å²) in [4.78, 5) is 18.4. The van der Waals surface area contributed by atoms with Gasteiger partial charge in [-0.15, -0.1) is 11.3 Å². The first-order chi connectivity index (χ1) is 8.76. The number of carbonyl (C=O) groups is 1. The van der Waals surface area contributed by atoms with Crippen molar-refractivity contribution in [1.82, 2.24) is 15.2 Å². The molecule has 2 saturated heterocycles. The van der Waals surface area contributed by atoms with Crippen molar-refractivity contribution < 1.29 is 4.79 Å². The number of amides is 1. The van der Waals surface area contributed by atoms with E-state index in [1.807, 2.05) is 11.6 Å². The molecule has 2 aliphatic heterocycles. The zero-order valence-electron chi connectivity index (χ0n) is 10.5. The van der Waals surface area contributed by atoms with Crippen molar-refractivity contribution in [3.63, 3.8) is 0 Å². The second kappa shape index (κ2) is 4.97. The van der Waals surface area contributed by atoms with Crippen LogP contribution in [0.25, 0.3) is 0 Å². The maximum Gasteiger partial charge on any atom is 0.220 e. The number of likely N-dealkylation sites (tertiary alicyclic amines) is 1. The van der Waals surface area contributed by atoms with E-state index in [4.69, 9.17) is 0 Å². The number of aromatic nitrogens is 1. The van der Waals surface area contributed by atoms with Crippen LogP contribution in [0.5, 0.6) is 0 Å². The molecule has 1 spiro atoms. The Kier molecular flexibility index (Phi) is 3.35. The van der Waals surface area contributed by atoms with Gasteiger partial charge in [-0.25, -0.2) is 4.98 Å². The molecule has 4 nitrogen and oxygen atoms in total. The topological polar surface area (TPSA) is 45.2 Å². The molecule has 0 unspecified atom stereocenters. The minimum Gasteiger partial charge on any atom is -0.349 e. The molecule has 0 bridgehead atoms. The summed E-state index contributed by atoms with van der Waals surface area (Å²) in [6, 6.07) is 0. The highest BCUT2D eigenvalue weighted by atomic mass is 32.1. The number of nitrogens with zero attached hydrogens (tertiary/aromatic N) is 2. The molecule has 0 radical (unpaired) electrons. The quantitative estimate of drug-likeness (QED) is 0.886. The van der Waals surface area contributed by atoms with Crippen molar-refractivity contribution in [2.45, 2.75) is 44.2 Å². The van der Waals surface area contributed by atoms with Crippen molar-refractivity contribution in [2.24, 2.45) is 0 Å². The lowest BCUT2D eigenvalue weighted by molar-refractivity contribution is -0.126. The Morgan fingerprint density at radius 3 is 3.11 bits per heavy atom. The molecular weight excluding hydrogens is 246 g/mol. The van der Waals surface area contributed by atoms with Gasteiger partial charge in [-0.3, -0.25) is 9.69 Å². The zero-order chi connectivity index (χ0) is 12.4. The van der Waals surface area contributed by atoms with E-state index in [9.17, 15) is 4.79 Å². The molecule has 18 heavy (non-hydrogen) atoms. The number of carbonyl (C=O) groups excluding carboxylic acids is 1. The van der Waals surface area contributed by atoms with Crippen molar-refractivity contribution >= 4 is 17.2 Å². The van der Waals surface area contributed by atoms with Crippen molar-refractivity contribution in [3.05, 3.63) is 16.6 Å². The van der Waals surface area contributed by atoms with Gasteiger partial charge in [-0.1, -0.05) is 0 Å². The first-order valence-corrected chi connectivity index (χ1v) is 7.56. The number of rotatable bonds is 2. The molecule has 98 valence electrons. The third kappa shape index (κ3) is 2.57. The summed E-state index contributed by atoms with van der Waals surface area (Å²) < 4.78 is 0. The van der Waals surface area contributed by atoms with Gasteiger partial charge >= 0.3 is 0 Å². The number of piperidine rings is 2. The molecular formula is C13H19N3OS. The predicted octanol–water partition coefficient (Wildman–Crippen LogP) is 1.78. The van der Waals surface area contributed by atoms with E-state index < -0.39 is 0 Å². The Balaban J connectivity index is 1.66. The molecule has 1 N–H and O–H groups in total. The van der Waals surface area contributed by atoms with E-state index in [0.717, 1.165) is 38.9 Å². The summed E-state index contributed by atoms with van der Waals surface area (Å²) in [6.45, 7) is 3.03. The van der Waals surface area contributed by atoms with Crippen LogP contribution < -0.4 is 5.32 Å². The van der Waals surface area contributed by atoms with Gasteiger partial charge in [0.25, 0.3) is 0 Å². The molecule has 2 fully saturated rings. The van der Waals surface area contributed by atoms with Gasteiger partial charge in [0.15, 0.2) is 0 Å². The number of hydrogen-bond donors (Lipinski definition) is 1. The van der Waals surface area contributed by atoms with Gasteiger partial charge < -0.3 is 5.32 Å². The van der Waals surface area contributed by atoms with Crippen LogP contribution >= 0.6 is 11.3 Å². The molecule has 0 aliphatic carbocycles. The van der Waals surface area contributed by atoms with Gasteiger partial charge in [0.1, 0.15) is 5.01 Å². The van der Waals surface area contributed by atoms with Gasteiger partial charge in [-0.05, 0) is 32.2 Å². The SMILES string of the molecule is O=C1CCC[C@]2(CCCN(Cc3nccs3)C2)N1. The van der Waals surface area contributed by atoms with Crippen LogP contribution in [0.2, 0.25) is 0 Å². The van der Waals surface area contributed by atoms with E-state index in [1.165, 1.54) is 11.4 Å². The number of nitrogens with one attached hydrogen (secondary N) is 1. The monoisotopic (exact) mass is 265 g/mol. The molecule has 1 atom stereocenters. The fourth-order valence-electron chi connectivity index (χ4n) is 3.20. The maximum atomic E-state index is 11.6. The van der Waals surface area contributed by atoms with E-state index >= 15 is 0 Å². The minimum absolute atomic E-state index is 0.0465. The Morgan fingerprint density at radius 2 is 2.33 bits per heavy atom. The van der Waals surface area contributed by atoms with Gasteiger partial charge in [-0.2, -0.15) is 0 Å². The first-order valence-electron chi connectivity index (χ1n) is 6.68. The molecule has 3 heterocycles.